The molecule has 4 nitrogen and oxygen atoms in total. The molecule has 0 saturated carbocycles. The third-order valence-electron chi connectivity index (χ3n) is 3.34. The fourth-order valence-electron chi connectivity index (χ4n) is 2.26. The SMILES string of the molecule is CN[C@@H](C(=O)Nc1ccc2cnccc2c1)c1ccsc1.Cl. The minimum Gasteiger partial charge on any atom is -0.324 e. The Kier molecular flexibility index (Phi) is 5.49. The lowest BCUT2D eigenvalue weighted by Gasteiger charge is -2.15. The van der Waals surface area contributed by atoms with Crippen molar-refractivity contribution < 1.29 is 4.79 Å². The predicted octanol–water partition coefficient (Wildman–Crippen LogP) is 3.62. The molecule has 0 radical (unpaired) electrons. The van der Waals surface area contributed by atoms with Crippen LogP contribution in [-0.2, 0) is 4.79 Å². The number of benzene rings is 1. The highest BCUT2D eigenvalue weighted by Gasteiger charge is 2.18. The van der Waals surface area contributed by atoms with E-state index in [1.165, 1.54) is 0 Å². The van der Waals surface area contributed by atoms with Gasteiger partial charge in [-0.3, -0.25) is 9.78 Å². The third kappa shape index (κ3) is 3.44. The van der Waals surface area contributed by atoms with E-state index in [2.05, 4.69) is 15.6 Å². The Morgan fingerprint density at radius 1 is 1.23 bits per heavy atom. The van der Waals surface area contributed by atoms with Gasteiger partial charge in [0.15, 0.2) is 0 Å². The number of fused-ring (bicyclic) bond motifs is 1. The number of rotatable bonds is 4. The predicted molar refractivity (Wildman–Crippen MR) is 93.7 cm³/mol. The van der Waals surface area contributed by atoms with Gasteiger partial charge >= 0.3 is 0 Å². The van der Waals surface area contributed by atoms with Gasteiger partial charge in [0.25, 0.3) is 0 Å². The Morgan fingerprint density at radius 2 is 2.09 bits per heavy atom. The largest absolute Gasteiger partial charge is 0.324 e. The molecule has 1 amide bonds. The van der Waals surface area contributed by atoms with Crippen LogP contribution in [0.4, 0.5) is 5.69 Å². The van der Waals surface area contributed by atoms with Gasteiger partial charge < -0.3 is 10.6 Å². The van der Waals surface area contributed by atoms with E-state index in [-0.39, 0.29) is 24.4 Å². The zero-order valence-corrected chi connectivity index (χ0v) is 13.6. The number of thiophene rings is 1. The zero-order valence-electron chi connectivity index (χ0n) is 11.9. The fraction of sp³-hybridized carbons (Fsp3) is 0.125. The van der Waals surface area contributed by atoms with Gasteiger partial charge in [0.1, 0.15) is 6.04 Å². The molecule has 6 heteroatoms. The van der Waals surface area contributed by atoms with Gasteiger partial charge in [0.05, 0.1) is 0 Å². The molecule has 0 fully saturated rings. The normalized spacial score (nSPS) is 11.7. The van der Waals surface area contributed by atoms with E-state index in [4.69, 9.17) is 0 Å². The van der Waals surface area contributed by atoms with Gasteiger partial charge in [-0.15, -0.1) is 12.4 Å². The lowest BCUT2D eigenvalue weighted by Crippen LogP contribution is -2.30. The second-order valence-corrected chi connectivity index (χ2v) is 5.49. The number of pyridine rings is 1. The number of anilines is 1. The van der Waals surface area contributed by atoms with Crippen LogP contribution in [0.15, 0.2) is 53.5 Å². The maximum Gasteiger partial charge on any atom is 0.246 e. The Bertz CT molecular complexity index is 761. The maximum absolute atomic E-state index is 12.4. The lowest BCUT2D eigenvalue weighted by atomic mass is 10.1. The van der Waals surface area contributed by atoms with Gasteiger partial charge in [-0.05, 0) is 53.0 Å². The first kappa shape index (κ1) is 16.4. The molecule has 1 atom stereocenters. The number of carbonyl (C=O) groups excluding carboxylic acids is 1. The molecule has 114 valence electrons. The first-order chi connectivity index (χ1) is 10.3. The number of aromatic nitrogens is 1. The van der Waals surface area contributed by atoms with Crippen molar-refractivity contribution in [1.29, 1.82) is 0 Å². The van der Waals surface area contributed by atoms with Crippen molar-refractivity contribution in [3.8, 4) is 0 Å². The Morgan fingerprint density at radius 3 is 2.82 bits per heavy atom. The van der Waals surface area contributed by atoms with Gasteiger partial charge in [-0.2, -0.15) is 11.3 Å². The summed E-state index contributed by atoms with van der Waals surface area (Å²) >= 11 is 1.58. The number of hydrogen-bond donors (Lipinski definition) is 2. The summed E-state index contributed by atoms with van der Waals surface area (Å²) in [6.07, 6.45) is 3.55. The monoisotopic (exact) mass is 333 g/mol. The summed E-state index contributed by atoms with van der Waals surface area (Å²) in [5.41, 5.74) is 1.76. The highest BCUT2D eigenvalue weighted by atomic mass is 35.5. The molecule has 0 spiro atoms. The highest BCUT2D eigenvalue weighted by Crippen LogP contribution is 2.21. The van der Waals surface area contributed by atoms with Crippen molar-refractivity contribution in [1.82, 2.24) is 10.3 Å². The zero-order chi connectivity index (χ0) is 14.7. The summed E-state index contributed by atoms with van der Waals surface area (Å²) in [4.78, 5) is 16.5. The number of halogens is 1. The van der Waals surface area contributed by atoms with Crippen LogP contribution in [-0.4, -0.2) is 17.9 Å². The van der Waals surface area contributed by atoms with Crippen molar-refractivity contribution in [2.45, 2.75) is 6.04 Å². The van der Waals surface area contributed by atoms with E-state index in [0.29, 0.717) is 0 Å². The number of carbonyl (C=O) groups is 1. The van der Waals surface area contributed by atoms with Crippen LogP contribution in [0.1, 0.15) is 11.6 Å². The smallest absolute Gasteiger partial charge is 0.246 e. The molecular weight excluding hydrogens is 318 g/mol. The summed E-state index contributed by atoms with van der Waals surface area (Å²) in [5.74, 6) is -0.0655. The van der Waals surface area contributed by atoms with Gasteiger partial charge in [0.2, 0.25) is 5.91 Å². The first-order valence-corrected chi connectivity index (χ1v) is 7.56. The molecule has 1 aromatic carbocycles. The van der Waals surface area contributed by atoms with Crippen LogP contribution in [0.2, 0.25) is 0 Å². The molecule has 22 heavy (non-hydrogen) atoms. The first-order valence-electron chi connectivity index (χ1n) is 6.62. The molecular formula is C16H16ClN3OS. The molecule has 0 aliphatic heterocycles. The molecule has 2 N–H and O–H groups in total. The second-order valence-electron chi connectivity index (χ2n) is 4.71. The van der Waals surface area contributed by atoms with Crippen molar-refractivity contribution in [2.24, 2.45) is 0 Å². The third-order valence-corrected chi connectivity index (χ3v) is 4.04. The summed E-state index contributed by atoms with van der Waals surface area (Å²) in [6, 6.07) is 9.34. The van der Waals surface area contributed by atoms with Gasteiger partial charge in [-0.1, -0.05) is 6.07 Å². The molecule has 2 heterocycles. The van der Waals surface area contributed by atoms with Crippen LogP contribution in [0.5, 0.6) is 0 Å². The average molecular weight is 334 g/mol. The standard InChI is InChI=1S/C16H15N3OS.ClH/c1-17-15(13-5-7-21-10-13)16(20)19-14-3-2-12-9-18-6-4-11(12)8-14;/h2-10,15,17H,1H3,(H,19,20);1H/t15-;/m1./s1. The molecule has 0 saturated heterocycles. The van der Waals surface area contributed by atoms with E-state index in [1.54, 1.807) is 24.6 Å². The molecule has 0 aliphatic rings. The van der Waals surface area contributed by atoms with Gasteiger partial charge in [0, 0.05) is 23.5 Å². The van der Waals surface area contributed by atoms with Crippen molar-refractivity contribution in [3.63, 3.8) is 0 Å². The Hall–Kier alpha value is -1.95. The van der Waals surface area contributed by atoms with Crippen LogP contribution in [0.3, 0.4) is 0 Å². The minimum absolute atomic E-state index is 0. The Labute approximate surface area is 139 Å². The number of amides is 1. The molecule has 3 rings (SSSR count). The van der Waals surface area contributed by atoms with E-state index >= 15 is 0 Å². The summed E-state index contributed by atoms with van der Waals surface area (Å²) in [5, 5.41) is 12.1. The molecule has 2 aromatic heterocycles. The number of hydrogen-bond acceptors (Lipinski definition) is 4. The van der Waals surface area contributed by atoms with E-state index in [9.17, 15) is 4.79 Å². The van der Waals surface area contributed by atoms with E-state index in [0.717, 1.165) is 22.0 Å². The van der Waals surface area contributed by atoms with E-state index in [1.807, 2.05) is 47.3 Å². The molecule has 3 aromatic rings. The minimum atomic E-state index is -0.343. The number of likely N-dealkylation sites (N-methyl/N-ethyl adjacent to an activating group) is 1. The van der Waals surface area contributed by atoms with Gasteiger partial charge in [-0.25, -0.2) is 0 Å². The molecule has 0 aliphatic carbocycles. The lowest BCUT2D eigenvalue weighted by molar-refractivity contribution is -0.118. The average Bonchev–Trinajstić information content (AvgIpc) is 3.02. The van der Waals surface area contributed by atoms with Crippen LogP contribution < -0.4 is 10.6 Å². The maximum atomic E-state index is 12.4. The van der Waals surface area contributed by atoms with Crippen LogP contribution in [0.25, 0.3) is 10.8 Å². The number of nitrogens with one attached hydrogen (secondary N) is 2. The summed E-state index contributed by atoms with van der Waals surface area (Å²) in [7, 11) is 1.79. The second kappa shape index (κ2) is 7.35. The van der Waals surface area contributed by atoms with E-state index < -0.39 is 0 Å². The number of nitrogens with zero attached hydrogens (tertiary/aromatic N) is 1. The molecule has 0 bridgehead atoms. The van der Waals surface area contributed by atoms with Crippen molar-refractivity contribution in [3.05, 3.63) is 59.0 Å². The topological polar surface area (TPSA) is 54.0 Å². The summed E-state index contributed by atoms with van der Waals surface area (Å²) < 4.78 is 0. The van der Waals surface area contributed by atoms with Crippen LogP contribution in [0, 0.1) is 0 Å². The van der Waals surface area contributed by atoms with Crippen LogP contribution >= 0.6 is 23.7 Å². The molecule has 0 unspecified atom stereocenters. The Balaban J connectivity index is 0.00000176. The fourth-order valence-corrected chi connectivity index (χ4v) is 2.95. The highest BCUT2D eigenvalue weighted by molar-refractivity contribution is 7.08. The van der Waals surface area contributed by atoms with Crippen molar-refractivity contribution >= 4 is 46.1 Å². The summed E-state index contributed by atoms with van der Waals surface area (Å²) in [6.45, 7) is 0. The van der Waals surface area contributed by atoms with Crippen molar-refractivity contribution in [2.75, 3.05) is 12.4 Å². The quantitative estimate of drug-likeness (QED) is 0.766.